The predicted octanol–water partition coefficient (Wildman–Crippen LogP) is 5.03. The molecule has 9 heteroatoms. The molecule has 0 saturated carbocycles. The van der Waals surface area contributed by atoms with E-state index in [-0.39, 0.29) is 33.3 Å². The first-order valence-corrected chi connectivity index (χ1v) is 8.22. The number of halogens is 2. The fourth-order valence-corrected chi connectivity index (χ4v) is 2.52. The minimum atomic E-state index is -0.886. The summed E-state index contributed by atoms with van der Waals surface area (Å²) >= 11 is 5.86. The molecule has 0 aliphatic heterocycles. The third-order valence-electron chi connectivity index (χ3n) is 3.45. The highest BCUT2D eigenvalue weighted by Gasteiger charge is 2.29. The van der Waals surface area contributed by atoms with Crippen LogP contribution in [0, 0.1) is 22.9 Å². The number of nitrogen functional groups attached to an aromatic ring is 1. The van der Waals surface area contributed by atoms with E-state index in [1.165, 1.54) is 25.1 Å². The average Bonchev–Trinajstić information content (AvgIpc) is 2.51. The Morgan fingerprint density at radius 3 is 2.44 bits per heavy atom. The molecule has 0 atom stereocenters. The number of carbonyl (C=O) groups is 1. The van der Waals surface area contributed by atoms with Crippen LogP contribution in [-0.2, 0) is 4.74 Å². The molecule has 0 fully saturated rings. The Bertz CT molecular complexity index is 925. The molecule has 2 aromatic rings. The topological polar surface area (TPSA) is 105 Å². The molecule has 0 saturated heterocycles. The Kier molecular flexibility index (Phi) is 5.60. The Hall–Kier alpha value is -2.87. The summed E-state index contributed by atoms with van der Waals surface area (Å²) in [5, 5.41) is 11.5. The van der Waals surface area contributed by atoms with Crippen molar-refractivity contribution in [2.45, 2.75) is 33.3 Å². The van der Waals surface area contributed by atoms with Crippen LogP contribution in [0.25, 0.3) is 0 Å². The van der Waals surface area contributed by atoms with E-state index in [0.717, 1.165) is 6.07 Å². The molecule has 0 radical (unpaired) electrons. The first-order chi connectivity index (χ1) is 12.4. The summed E-state index contributed by atoms with van der Waals surface area (Å²) in [5.74, 6) is -1.96. The largest absolute Gasteiger partial charge is 0.456 e. The van der Waals surface area contributed by atoms with Crippen molar-refractivity contribution < 1.29 is 23.6 Å². The zero-order chi connectivity index (χ0) is 20.5. The van der Waals surface area contributed by atoms with Crippen molar-refractivity contribution in [3.8, 4) is 11.5 Å². The number of nitro benzene ring substituents is 1. The van der Waals surface area contributed by atoms with Crippen LogP contribution in [0.3, 0.4) is 0 Å². The molecule has 0 aliphatic carbocycles. The van der Waals surface area contributed by atoms with Crippen molar-refractivity contribution in [2.24, 2.45) is 0 Å². The third-order valence-corrected chi connectivity index (χ3v) is 3.66. The number of nitro groups is 1. The van der Waals surface area contributed by atoms with Crippen LogP contribution in [0.1, 0.15) is 36.7 Å². The highest BCUT2D eigenvalue weighted by Crippen LogP contribution is 2.36. The van der Waals surface area contributed by atoms with E-state index >= 15 is 0 Å². The number of ether oxygens (including phenoxy) is 2. The van der Waals surface area contributed by atoms with Gasteiger partial charge in [0.05, 0.1) is 10.6 Å². The van der Waals surface area contributed by atoms with E-state index in [9.17, 15) is 19.3 Å². The van der Waals surface area contributed by atoms with Crippen molar-refractivity contribution in [3.63, 3.8) is 0 Å². The van der Waals surface area contributed by atoms with Gasteiger partial charge in [-0.3, -0.25) is 10.1 Å². The molecule has 0 spiro atoms. The maximum Gasteiger partial charge on any atom is 0.346 e. The van der Waals surface area contributed by atoms with E-state index in [1.54, 1.807) is 20.8 Å². The lowest BCUT2D eigenvalue weighted by Crippen LogP contribution is -2.25. The summed E-state index contributed by atoms with van der Waals surface area (Å²) in [6.45, 7) is 6.34. The van der Waals surface area contributed by atoms with E-state index < -0.39 is 28.0 Å². The van der Waals surface area contributed by atoms with Gasteiger partial charge in [-0.25, -0.2) is 9.18 Å². The normalized spacial score (nSPS) is 11.2. The number of hydrogen-bond donors (Lipinski definition) is 1. The average molecular weight is 397 g/mol. The Morgan fingerprint density at radius 1 is 1.26 bits per heavy atom. The molecule has 0 aliphatic rings. The molecule has 0 amide bonds. The Balaban J connectivity index is 2.56. The quantitative estimate of drug-likeness (QED) is 0.336. The monoisotopic (exact) mass is 396 g/mol. The second kappa shape index (κ2) is 7.40. The van der Waals surface area contributed by atoms with Crippen molar-refractivity contribution in [1.29, 1.82) is 0 Å². The SMILES string of the molecule is Cc1c(Oc2cc(Cl)cc(N)c2F)ccc([N+](=O)[O-])c1C(=O)OC(C)(C)C. The maximum absolute atomic E-state index is 14.2. The molecule has 2 aromatic carbocycles. The van der Waals surface area contributed by atoms with Gasteiger partial charge in [0, 0.05) is 22.7 Å². The summed E-state index contributed by atoms with van der Waals surface area (Å²) in [4.78, 5) is 23.1. The van der Waals surface area contributed by atoms with Crippen LogP contribution in [0.2, 0.25) is 5.02 Å². The Labute approximate surface area is 160 Å². The first kappa shape index (κ1) is 20.4. The Morgan fingerprint density at radius 2 is 1.89 bits per heavy atom. The van der Waals surface area contributed by atoms with Gasteiger partial charge in [-0.15, -0.1) is 0 Å². The summed E-state index contributed by atoms with van der Waals surface area (Å²) in [6.07, 6.45) is 0. The molecule has 0 unspecified atom stereocenters. The van der Waals surface area contributed by atoms with E-state index in [2.05, 4.69) is 0 Å². The van der Waals surface area contributed by atoms with Gasteiger partial charge < -0.3 is 15.2 Å². The van der Waals surface area contributed by atoms with Crippen molar-refractivity contribution >= 4 is 28.9 Å². The van der Waals surface area contributed by atoms with Crippen LogP contribution >= 0.6 is 11.6 Å². The molecule has 2 N–H and O–H groups in total. The standard InChI is InChI=1S/C18H18ClFN2O5/c1-9-13(26-14-8-10(19)7-11(21)16(14)20)6-5-12(22(24)25)15(9)17(23)27-18(2,3)4/h5-8H,21H2,1-4H3. The number of hydrogen-bond acceptors (Lipinski definition) is 6. The number of nitrogens with two attached hydrogens (primary N) is 1. The molecule has 0 aromatic heterocycles. The lowest BCUT2D eigenvalue weighted by atomic mass is 10.0. The highest BCUT2D eigenvalue weighted by atomic mass is 35.5. The van der Waals surface area contributed by atoms with Crippen molar-refractivity contribution in [1.82, 2.24) is 0 Å². The fourth-order valence-electron chi connectivity index (χ4n) is 2.30. The van der Waals surface area contributed by atoms with E-state index in [4.69, 9.17) is 26.8 Å². The number of esters is 1. The van der Waals surface area contributed by atoms with Gasteiger partial charge in [-0.1, -0.05) is 11.6 Å². The minimum absolute atomic E-state index is 0.0297. The second-order valence-electron chi connectivity index (χ2n) is 6.75. The highest BCUT2D eigenvalue weighted by molar-refractivity contribution is 6.31. The van der Waals surface area contributed by atoms with Crippen molar-refractivity contribution in [3.05, 3.63) is 56.3 Å². The number of carbonyl (C=O) groups excluding carboxylic acids is 1. The van der Waals surface area contributed by atoms with Gasteiger partial charge in [0.25, 0.3) is 5.69 Å². The predicted molar refractivity (Wildman–Crippen MR) is 98.9 cm³/mol. The molecule has 0 heterocycles. The number of nitrogens with zero attached hydrogens (tertiary/aromatic N) is 1. The van der Waals surface area contributed by atoms with Crippen LogP contribution in [-0.4, -0.2) is 16.5 Å². The van der Waals surface area contributed by atoms with E-state index in [1.807, 2.05) is 0 Å². The lowest BCUT2D eigenvalue weighted by molar-refractivity contribution is -0.385. The van der Waals surface area contributed by atoms with E-state index in [0.29, 0.717) is 0 Å². The lowest BCUT2D eigenvalue weighted by Gasteiger charge is -2.20. The number of anilines is 1. The third kappa shape index (κ3) is 4.65. The summed E-state index contributed by atoms with van der Waals surface area (Å²) in [5.41, 5.74) is 3.85. The van der Waals surface area contributed by atoms with Crippen LogP contribution in [0.4, 0.5) is 15.8 Å². The fraction of sp³-hybridized carbons (Fsp3) is 0.278. The molecule has 144 valence electrons. The number of benzene rings is 2. The van der Waals surface area contributed by atoms with Gasteiger partial charge in [-0.05, 0) is 39.8 Å². The molecule has 7 nitrogen and oxygen atoms in total. The molecular formula is C18H18ClFN2O5. The smallest absolute Gasteiger partial charge is 0.346 e. The van der Waals surface area contributed by atoms with Crippen molar-refractivity contribution in [2.75, 3.05) is 5.73 Å². The molecule has 2 rings (SSSR count). The van der Waals surface area contributed by atoms with Gasteiger partial charge in [0.2, 0.25) is 0 Å². The molecule has 27 heavy (non-hydrogen) atoms. The summed E-state index contributed by atoms with van der Waals surface area (Å²) in [7, 11) is 0. The van der Waals surface area contributed by atoms with Gasteiger partial charge in [0.15, 0.2) is 11.6 Å². The minimum Gasteiger partial charge on any atom is -0.456 e. The van der Waals surface area contributed by atoms with Gasteiger partial charge in [0.1, 0.15) is 16.9 Å². The number of rotatable bonds is 4. The van der Waals surface area contributed by atoms with Gasteiger partial charge in [-0.2, -0.15) is 0 Å². The van der Waals surface area contributed by atoms with Crippen LogP contribution in [0.5, 0.6) is 11.5 Å². The maximum atomic E-state index is 14.2. The zero-order valence-electron chi connectivity index (χ0n) is 15.1. The summed E-state index contributed by atoms with van der Waals surface area (Å²) in [6, 6.07) is 4.78. The first-order valence-electron chi connectivity index (χ1n) is 7.84. The molecular weight excluding hydrogens is 379 g/mol. The van der Waals surface area contributed by atoms with Crippen LogP contribution < -0.4 is 10.5 Å². The second-order valence-corrected chi connectivity index (χ2v) is 7.19. The van der Waals surface area contributed by atoms with Gasteiger partial charge >= 0.3 is 5.97 Å². The van der Waals surface area contributed by atoms with Crippen LogP contribution in [0.15, 0.2) is 24.3 Å². The molecule has 0 bridgehead atoms. The summed E-state index contributed by atoms with van der Waals surface area (Å²) < 4.78 is 24.9. The zero-order valence-corrected chi connectivity index (χ0v) is 15.9.